The Balaban J connectivity index is 1.93. The first-order valence-corrected chi connectivity index (χ1v) is 6.52. The van der Waals surface area contributed by atoms with Crippen molar-refractivity contribution in [2.75, 3.05) is 20.1 Å². The van der Waals surface area contributed by atoms with Gasteiger partial charge in [0.15, 0.2) is 0 Å². The van der Waals surface area contributed by atoms with E-state index in [0.717, 1.165) is 5.69 Å². The molecule has 1 aliphatic rings. The standard InChI is InChI=1S/C14H23N3/c1-11-10-17(3)9-7-13(11)16-12(2)14-6-4-5-8-15-14/h4-6,8,11-13,16H,7,9-10H2,1-3H3. The zero-order valence-corrected chi connectivity index (χ0v) is 11.1. The molecule has 1 saturated heterocycles. The highest BCUT2D eigenvalue weighted by molar-refractivity contribution is 5.08. The molecule has 17 heavy (non-hydrogen) atoms. The van der Waals surface area contributed by atoms with Crippen LogP contribution in [0.1, 0.15) is 32.0 Å². The van der Waals surface area contributed by atoms with E-state index in [1.54, 1.807) is 0 Å². The Morgan fingerprint density at radius 2 is 2.29 bits per heavy atom. The second-order valence-corrected chi connectivity index (χ2v) is 5.28. The minimum absolute atomic E-state index is 0.340. The topological polar surface area (TPSA) is 28.2 Å². The summed E-state index contributed by atoms with van der Waals surface area (Å²) in [5, 5.41) is 3.72. The number of rotatable bonds is 3. The molecule has 0 spiro atoms. The summed E-state index contributed by atoms with van der Waals surface area (Å²) in [6.45, 7) is 6.91. The van der Waals surface area contributed by atoms with Crippen molar-refractivity contribution in [3.63, 3.8) is 0 Å². The largest absolute Gasteiger partial charge is 0.306 e. The normalized spacial score (nSPS) is 27.9. The summed E-state index contributed by atoms with van der Waals surface area (Å²) in [4.78, 5) is 6.82. The van der Waals surface area contributed by atoms with Gasteiger partial charge in [-0.3, -0.25) is 4.98 Å². The molecule has 0 radical (unpaired) electrons. The van der Waals surface area contributed by atoms with E-state index < -0.39 is 0 Å². The number of piperidine rings is 1. The Kier molecular flexibility index (Phi) is 4.13. The molecule has 0 aromatic carbocycles. The molecule has 0 saturated carbocycles. The fourth-order valence-corrected chi connectivity index (χ4v) is 2.64. The Hall–Kier alpha value is -0.930. The minimum atomic E-state index is 0.340. The molecule has 0 aliphatic carbocycles. The third kappa shape index (κ3) is 3.27. The summed E-state index contributed by atoms with van der Waals surface area (Å²) >= 11 is 0. The fourth-order valence-electron chi connectivity index (χ4n) is 2.64. The number of aromatic nitrogens is 1. The van der Waals surface area contributed by atoms with E-state index in [-0.39, 0.29) is 0 Å². The molecule has 94 valence electrons. The first kappa shape index (κ1) is 12.5. The van der Waals surface area contributed by atoms with Gasteiger partial charge in [-0.25, -0.2) is 0 Å². The van der Waals surface area contributed by atoms with Gasteiger partial charge in [0.2, 0.25) is 0 Å². The number of nitrogens with one attached hydrogen (secondary N) is 1. The third-order valence-electron chi connectivity index (χ3n) is 3.70. The van der Waals surface area contributed by atoms with Crippen LogP contribution in [-0.4, -0.2) is 36.1 Å². The van der Waals surface area contributed by atoms with Crippen LogP contribution in [-0.2, 0) is 0 Å². The number of likely N-dealkylation sites (tertiary alicyclic amines) is 1. The van der Waals surface area contributed by atoms with Gasteiger partial charge < -0.3 is 10.2 Å². The Morgan fingerprint density at radius 1 is 1.47 bits per heavy atom. The molecule has 1 fully saturated rings. The lowest BCUT2D eigenvalue weighted by Crippen LogP contribution is -2.47. The molecule has 3 atom stereocenters. The van der Waals surface area contributed by atoms with Crippen LogP contribution in [0.15, 0.2) is 24.4 Å². The minimum Gasteiger partial charge on any atom is -0.306 e. The molecule has 3 unspecified atom stereocenters. The van der Waals surface area contributed by atoms with E-state index in [0.29, 0.717) is 18.0 Å². The summed E-state index contributed by atoms with van der Waals surface area (Å²) in [7, 11) is 2.20. The van der Waals surface area contributed by atoms with Crippen LogP contribution >= 0.6 is 0 Å². The quantitative estimate of drug-likeness (QED) is 0.866. The second kappa shape index (κ2) is 5.61. The van der Waals surface area contributed by atoms with Crippen molar-refractivity contribution in [1.82, 2.24) is 15.2 Å². The SMILES string of the molecule is CC(NC1CCN(C)CC1C)c1ccccn1. The second-order valence-electron chi connectivity index (χ2n) is 5.28. The zero-order chi connectivity index (χ0) is 12.3. The molecular formula is C14H23N3. The molecule has 0 bridgehead atoms. The predicted molar refractivity (Wildman–Crippen MR) is 70.9 cm³/mol. The summed E-state index contributed by atoms with van der Waals surface area (Å²) < 4.78 is 0. The maximum atomic E-state index is 4.41. The van der Waals surface area contributed by atoms with Crippen LogP contribution in [0.25, 0.3) is 0 Å². The molecule has 0 amide bonds. The van der Waals surface area contributed by atoms with Crippen molar-refractivity contribution in [2.24, 2.45) is 5.92 Å². The van der Waals surface area contributed by atoms with Gasteiger partial charge in [0.1, 0.15) is 0 Å². The van der Waals surface area contributed by atoms with Crippen LogP contribution in [0.4, 0.5) is 0 Å². The highest BCUT2D eigenvalue weighted by Crippen LogP contribution is 2.19. The van der Waals surface area contributed by atoms with Crippen molar-refractivity contribution >= 4 is 0 Å². The van der Waals surface area contributed by atoms with Gasteiger partial charge in [-0.1, -0.05) is 13.0 Å². The van der Waals surface area contributed by atoms with Crippen molar-refractivity contribution in [2.45, 2.75) is 32.4 Å². The van der Waals surface area contributed by atoms with E-state index in [2.05, 4.69) is 48.2 Å². The molecule has 1 aromatic heterocycles. The molecular weight excluding hydrogens is 210 g/mol. The van der Waals surface area contributed by atoms with E-state index in [4.69, 9.17) is 0 Å². The fraction of sp³-hybridized carbons (Fsp3) is 0.643. The summed E-state index contributed by atoms with van der Waals surface area (Å²) in [6, 6.07) is 7.07. The average Bonchev–Trinajstić information content (AvgIpc) is 2.34. The summed E-state index contributed by atoms with van der Waals surface area (Å²) in [5.74, 6) is 0.708. The third-order valence-corrected chi connectivity index (χ3v) is 3.70. The first-order valence-electron chi connectivity index (χ1n) is 6.52. The summed E-state index contributed by atoms with van der Waals surface area (Å²) in [5.41, 5.74) is 1.14. The molecule has 2 rings (SSSR count). The van der Waals surface area contributed by atoms with Crippen molar-refractivity contribution in [1.29, 1.82) is 0 Å². The molecule has 1 N–H and O–H groups in total. The highest BCUT2D eigenvalue weighted by atomic mass is 15.1. The highest BCUT2D eigenvalue weighted by Gasteiger charge is 2.25. The number of nitrogens with zero attached hydrogens (tertiary/aromatic N) is 2. The number of pyridine rings is 1. The Morgan fingerprint density at radius 3 is 2.94 bits per heavy atom. The van der Waals surface area contributed by atoms with Crippen LogP contribution < -0.4 is 5.32 Å². The average molecular weight is 233 g/mol. The van der Waals surface area contributed by atoms with Crippen LogP contribution in [0.3, 0.4) is 0 Å². The van der Waals surface area contributed by atoms with Crippen molar-refractivity contribution in [3.8, 4) is 0 Å². The van der Waals surface area contributed by atoms with E-state index in [1.807, 2.05) is 12.3 Å². The lowest BCUT2D eigenvalue weighted by atomic mass is 9.93. The molecule has 2 heterocycles. The van der Waals surface area contributed by atoms with E-state index >= 15 is 0 Å². The van der Waals surface area contributed by atoms with Gasteiger partial charge in [0, 0.05) is 24.8 Å². The van der Waals surface area contributed by atoms with E-state index in [1.165, 1.54) is 19.5 Å². The zero-order valence-electron chi connectivity index (χ0n) is 11.1. The lowest BCUT2D eigenvalue weighted by molar-refractivity contribution is 0.167. The van der Waals surface area contributed by atoms with E-state index in [9.17, 15) is 0 Å². The maximum absolute atomic E-state index is 4.41. The number of hydrogen-bond donors (Lipinski definition) is 1. The number of hydrogen-bond acceptors (Lipinski definition) is 3. The van der Waals surface area contributed by atoms with Gasteiger partial charge in [-0.2, -0.15) is 0 Å². The summed E-state index contributed by atoms with van der Waals surface area (Å²) in [6.07, 6.45) is 3.10. The van der Waals surface area contributed by atoms with Crippen LogP contribution in [0, 0.1) is 5.92 Å². The maximum Gasteiger partial charge on any atom is 0.0570 e. The smallest absolute Gasteiger partial charge is 0.0570 e. The Labute approximate surface area is 104 Å². The van der Waals surface area contributed by atoms with Crippen LogP contribution in [0.5, 0.6) is 0 Å². The molecule has 1 aliphatic heterocycles. The first-order chi connectivity index (χ1) is 8.16. The Bertz CT molecular complexity index is 339. The molecule has 3 nitrogen and oxygen atoms in total. The van der Waals surface area contributed by atoms with Gasteiger partial charge in [0.05, 0.1) is 5.69 Å². The molecule has 3 heteroatoms. The van der Waals surface area contributed by atoms with Crippen molar-refractivity contribution in [3.05, 3.63) is 30.1 Å². The van der Waals surface area contributed by atoms with Gasteiger partial charge >= 0.3 is 0 Å². The monoisotopic (exact) mass is 233 g/mol. The van der Waals surface area contributed by atoms with Crippen LogP contribution in [0.2, 0.25) is 0 Å². The van der Waals surface area contributed by atoms with Gasteiger partial charge in [-0.15, -0.1) is 0 Å². The van der Waals surface area contributed by atoms with Gasteiger partial charge in [0.25, 0.3) is 0 Å². The van der Waals surface area contributed by atoms with Gasteiger partial charge in [-0.05, 0) is 45.0 Å². The van der Waals surface area contributed by atoms with Crippen molar-refractivity contribution < 1.29 is 0 Å². The predicted octanol–water partition coefficient (Wildman–Crippen LogP) is 2.07. The lowest BCUT2D eigenvalue weighted by Gasteiger charge is -2.36. The molecule has 1 aromatic rings.